The highest BCUT2D eigenvalue weighted by atomic mass is 28.3. The van der Waals surface area contributed by atoms with Crippen molar-refractivity contribution < 1.29 is 8.78 Å². The first kappa shape index (κ1) is 14.6. The molecule has 0 spiro atoms. The van der Waals surface area contributed by atoms with Crippen molar-refractivity contribution in [3.05, 3.63) is 41.7 Å². The first-order chi connectivity index (χ1) is 9.33. The van der Waals surface area contributed by atoms with Gasteiger partial charge >= 0.3 is 0 Å². The number of aromatic nitrogens is 3. The van der Waals surface area contributed by atoms with E-state index in [1.54, 1.807) is 0 Å². The number of benzene rings is 1. The maximum absolute atomic E-state index is 13.1. The van der Waals surface area contributed by atoms with Gasteiger partial charge in [-0.3, -0.25) is 4.68 Å². The number of hydrogen-bond donors (Lipinski definition) is 1. The van der Waals surface area contributed by atoms with Gasteiger partial charge in [0.2, 0.25) is 0 Å². The van der Waals surface area contributed by atoms with Crippen LogP contribution in [0.25, 0.3) is 0 Å². The average molecular weight is 296 g/mol. The van der Waals surface area contributed by atoms with Gasteiger partial charge in [0.1, 0.15) is 5.69 Å². The van der Waals surface area contributed by atoms with Crippen molar-refractivity contribution in [1.82, 2.24) is 15.0 Å². The summed E-state index contributed by atoms with van der Waals surface area (Å²) in [6.45, 7) is 7.20. The van der Waals surface area contributed by atoms with Crippen LogP contribution in [0.2, 0.25) is 19.6 Å². The summed E-state index contributed by atoms with van der Waals surface area (Å²) >= 11 is 0. The summed E-state index contributed by atoms with van der Waals surface area (Å²) in [6, 6.07) is 3.71. The molecule has 20 heavy (non-hydrogen) atoms. The van der Waals surface area contributed by atoms with E-state index >= 15 is 0 Å². The van der Waals surface area contributed by atoms with Crippen molar-refractivity contribution in [2.45, 2.75) is 32.4 Å². The fraction of sp³-hybridized carbons (Fsp3) is 0.385. The molecule has 0 radical (unpaired) electrons. The lowest BCUT2D eigenvalue weighted by Crippen LogP contribution is -2.28. The van der Waals surface area contributed by atoms with Gasteiger partial charge in [0.15, 0.2) is 11.6 Å². The van der Waals surface area contributed by atoms with Crippen LogP contribution in [0.5, 0.6) is 0 Å². The molecular weight excluding hydrogens is 278 g/mol. The molecular formula is C13H18F2N4Si. The molecule has 0 saturated heterocycles. The molecule has 0 saturated carbocycles. The Bertz CT molecular complexity index is 592. The Balaban J connectivity index is 1.95. The molecule has 2 rings (SSSR count). The molecule has 0 aliphatic heterocycles. The topological polar surface area (TPSA) is 42.7 Å². The maximum atomic E-state index is 13.1. The second kappa shape index (κ2) is 5.70. The number of halogens is 2. The Morgan fingerprint density at radius 1 is 1.20 bits per heavy atom. The Morgan fingerprint density at radius 3 is 2.60 bits per heavy atom. The zero-order valence-corrected chi connectivity index (χ0v) is 12.8. The predicted octanol–water partition coefficient (Wildman–Crippen LogP) is 3.05. The van der Waals surface area contributed by atoms with Crippen LogP contribution in [-0.2, 0) is 12.7 Å². The minimum atomic E-state index is -1.24. The first-order valence-electron chi connectivity index (χ1n) is 6.41. The number of nitrogens with zero attached hydrogens (tertiary/aromatic N) is 3. The highest BCUT2D eigenvalue weighted by Gasteiger charge is 2.15. The number of rotatable bonds is 5. The van der Waals surface area contributed by atoms with Gasteiger partial charge in [0.25, 0.3) is 0 Å². The Morgan fingerprint density at radius 2 is 1.95 bits per heavy atom. The average Bonchev–Trinajstić information content (AvgIpc) is 2.76. The Kier molecular flexibility index (Phi) is 4.17. The van der Waals surface area contributed by atoms with E-state index in [4.69, 9.17) is 0 Å². The molecule has 1 aromatic carbocycles. The SMILES string of the molecule is C[Si](C)(C)Cn1cc(CNc2ccc(F)c(F)c2)nn1. The fourth-order valence-corrected chi connectivity index (χ4v) is 2.91. The number of anilines is 1. The van der Waals surface area contributed by atoms with Gasteiger partial charge < -0.3 is 5.32 Å². The van der Waals surface area contributed by atoms with Gasteiger partial charge in [-0.05, 0) is 12.1 Å². The summed E-state index contributed by atoms with van der Waals surface area (Å²) in [5.41, 5.74) is 1.29. The molecule has 0 fully saturated rings. The maximum Gasteiger partial charge on any atom is 0.160 e. The third-order valence-corrected chi connectivity index (χ3v) is 3.89. The van der Waals surface area contributed by atoms with Gasteiger partial charge in [0, 0.05) is 24.1 Å². The molecule has 4 nitrogen and oxygen atoms in total. The molecule has 2 aromatic rings. The summed E-state index contributed by atoms with van der Waals surface area (Å²) < 4.78 is 27.7. The van der Waals surface area contributed by atoms with Crippen LogP contribution >= 0.6 is 0 Å². The van der Waals surface area contributed by atoms with Crippen LogP contribution in [0, 0.1) is 11.6 Å². The van der Waals surface area contributed by atoms with E-state index in [1.807, 2.05) is 10.9 Å². The fourth-order valence-electron chi connectivity index (χ4n) is 1.78. The largest absolute Gasteiger partial charge is 0.379 e. The zero-order chi connectivity index (χ0) is 14.8. The minimum absolute atomic E-state index is 0.427. The summed E-state index contributed by atoms with van der Waals surface area (Å²) in [7, 11) is -1.24. The lowest BCUT2D eigenvalue weighted by atomic mass is 10.3. The summed E-state index contributed by atoms with van der Waals surface area (Å²) in [4.78, 5) is 0. The third kappa shape index (κ3) is 4.12. The lowest BCUT2D eigenvalue weighted by molar-refractivity contribution is 0.509. The van der Waals surface area contributed by atoms with Gasteiger partial charge in [-0.25, -0.2) is 8.78 Å². The van der Waals surface area contributed by atoms with E-state index in [1.165, 1.54) is 6.07 Å². The molecule has 0 bridgehead atoms. The Hall–Kier alpha value is -1.76. The monoisotopic (exact) mass is 296 g/mol. The van der Waals surface area contributed by atoms with E-state index in [2.05, 4.69) is 35.3 Å². The molecule has 108 valence electrons. The second-order valence-corrected chi connectivity index (χ2v) is 11.4. The van der Waals surface area contributed by atoms with Gasteiger partial charge in [-0.2, -0.15) is 0 Å². The van der Waals surface area contributed by atoms with Crippen LogP contribution in [-0.4, -0.2) is 23.1 Å². The summed E-state index contributed by atoms with van der Waals surface area (Å²) in [6.07, 6.45) is 2.79. The van der Waals surface area contributed by atoms with Crippen LogP contribution in [0.4, 0.5) is 14.5 Å². The normalized spacial score (nSPS) is 11.7. The highest BCUT2D eigenvalue weighted by Crippen LogP contribution is 2.14. The molecule has 1 aromatic heterocycles. The molecule has 0 aliphatic rings. The molecule has 1 heterocycles. The minimum Gasteiger partial charge on any atom is -0.379 e. The van der Waals surface area contributed by atoms with E-state index < -0.39 is 19.7 Å². The molecule has 0 atom stereocenters. The van der Waals surface area contributed by atoms with Gasteiger partial charge in [-0.1, -0.05) is 24.9 Å². The van der Waals surface area contributed by atoms with Crippen LogP contribution in [0.3, 0.4) is 0 Å². The summed E-state index contributed by atoms with van der Waals surface area (Å²) in [5.74, 6) is -1.71. The molecule has 0 unspecified atom stereocenters. The first-order valence-corrected chi connectivity index (χ1v) is 10.1. The highest BCUT2D eigenvalue weighted by molar-refractivity contribution is 6.74. The standard InChI is InChI=1S/C13H18F2N4Si/c1-20(2,3)9-19-8-11(17-18-19)7-16-10-4-5-12(14)13(15)6-10/h4-6,8,16H,7,9H2,1-3H3. The summed E-state index contributed by atoms with van der Waals surface area (Å²) in [5, 5.41) is 11.1. The molecule has 0 aliphatic carbocycles. The molecule has 0 amide bonds. The van der Waals surface area contributed by atoms with Crippen molar-refractivity contribution in [3.63, 3.8) is 0 Å². The van der Waals surface area contributed by atoms with Crippen molar-refractivity contribution in [2.24, 2.45) is 0 Å². The van der Waals surface area contributed by atoms with Gasteiger partial charge in [0.05, 0.1) is 14.6 Å². The predicted molar refractivity (Wildman–Crippen MR) is 77.1 cm³/mol. The molecule has 7 heteroatoms. The molecule has 1 N–H and O–H groups in total. The smallest absolute Gasteiger partial charge is 0.160 e. The van der Waals surface area contributed by atoms with Gasteiger partial charge in [-0.15, -0.1) is 5.10 Å². The van der Waals surface area contributed by atoms with Crippen molar-refractivity contribution in [3.8, 4) is 0 Å². The zero-order valence-electron chi connectivity index (χ0n) is 11.8. The third-order valence-electron chi connectivity index (χ3n) is 2.62. The van der Waals surface area contributed by atoms with E-state index in [0.717, 1.165) is 24.0 Å². The van der Waals surface area contributed by atoms with Crippen LogP contribution in [0.1, 0.15) is 5.69 Å². The van der Waals surface area contributed by atoms with Crippen molar-refractivity contribution in [1.29, 1.82) is 0 Å². The van der Waals surface area contributed by atoms with Crippen LogP contribution < -0.4 is 5.32 Å². The van der Waals surface area contributed by atoms with E-state index in [-0.39, 0.29) is 0 Å². The van der Waals surface area contributed by atoms with Crippen molar-refractivity contribution >= 4 is 13.8 Å². The van der Waals surface area contributed by atoms with E-state index in [0.29, 0.717) is 12.2 Å². The van der Waals surface area contributed by atoms with Crippen molar-refractivity contribution in [2.75, 3.05) is 5.32 Å². The Labute approximate surface area is 117 Å². The van der Waals surface area contributed by atoms with Crippen LogP contribution in [0.15, 0.2) is 24.4 Å². The second-order valence-electron chi connectivity index (χ2n) is 5.95. The van der Waals surface area contributed by atoms with E-state index in [9.17, 15) is 8.78 Å². The number of hydrogen-bond acceptors (Lipinski definition) is 3. The lowest BCUT2D eigenvalue weighted by Gasteiger charge is -2.14. The number of nitrogens with one attached hydrogen (secondary N) is 1. The quantitative estimate of drug-likeness (QED) is 0.862.